The number of benzene rings is 2. The zero-order valence-corrected chi connectivity index (χ0v) is 15.3. The Morgan fingerprint density at radius 1 is 1.17 bits per heavy atom. The van der Waals surface area contributed by atoms with Gasteiger partial charge >= 0.3 is 0 Å². The predicted octanol–water partition coefficient (Wildman–Crippen LogP) is 4.72. The number of ether oxygens (including phenoxy) is 1. The molecule has 3 rings (SSSR count). The summed E-state index contributed by atoms with van der Waals surface area (Å²) in [5.74, 6) is 0.636. The highest BCUT2D eigenvalue weighted by atomic mass is 32.2. The third-order valence-corrected chi connectivity index (χ3v) is 5.11. The first kappa shape index (κ1) is 16.7. The second-order valence-corrected chi connectivity index (χ2v) is 7.22. The summed E-state index contributed by atoms with van der Waals surface area (Å²) < 4.78 is 5.90. The minimum absolute atomic E-state index is 0.0946. The van der Waals surface area contributed by atoms with Crippen molar-refractivity contribution < 1.29 is 9.53 Å². The van der Waals surface area contributed by atoms with Crippen molar-refractivity contribution in [2.24, 2.45) is 0 Å². The summed E-state index contributed by atoms with van der Waals surface area (Å²) in [4.78, 5) is 15.1. The number of thioether (sulfide) groups is 1. The van der Waals surface area contributed by atoms with Crippen molar-refractivity contribution in [3.05, 3.63) is 64.1 Å². The maximum absolute atomic E-state index is 12.9. The van der Waals surface area contributed by atoms with E-state index < -0.39 is 0 Å². The number of para-hydroxylation sites is 1. The van der Waals surface area contributed by atoms with Crippen molar-refractivity contribution in [1.82, 2.24) is 0 Å². The topological polar surface area (TPSA) is 29.5 Å². The van der Waals surface area contributed by atoms with Crippen molar-refractivity contribution in [2.75, 3.05) is 12.0 Å². The Morgan fingerprint density at radius 3 is 2.62 bits per heavy atom. The summed E-state index contributed by atoms with van der Waals surface area (Å²) in [5, 5.41) is 0. The first-order chi connectivity index (χ1) is 11.5. The average molecular weight is 355 g/mol. The van der Waals surface area contributed by atoms with Crippen LogP contribution in [0.2, 0.25) is 0 Å². The number of carbonyl (C=O) groups is 1. The van der Waals surface area contributed by atoms with Crippen molar-refractivity contribution in [3.8, 4) is 5.75 Å². The highest BCUT2D eigenvalue weighted by Gasteiger charge is 2.34. The summed E-state index contributed by atoms with van der Waals surface area (Å²) in [7, 11) is 1.62. The lowest BCUT2D eigenvalue weighted by atomic mass is 10.1. The standard InChI is InChI=1S/C19H17NO2S2/c1-12-8-9-15(13(2)10-12)20-18(21)17(24-19(20)23)11-14-6-4-5-7-16(14)22-3/h4-11H,1-3H3/b17-11-. The largest absolute Gasteiger partial charge is 0.496 e. The van der Waals surface area contributed by atoms with Gasteiger partial charge in [-0.25, -0.2) is 0 Å². The van der Waals surface area contributed by atoms with E-state index in [2.05, 4.69) is 6.07 Å². The summed E-state index contributed by atoms with van der Waals surface area (Å²) in [6.45, 7) is 4.02. The molecular weight excluding hydrogens is 338 g/mol. The number of carbonyl (C=O) groups excluding carboxylic acids is 1. The van der Waals surface area contributed by atoms with E-state index in [9.17, 15) is 4.79 Å². The lowest BCUT2D eigenvalue weighted by molar-refractivity contribution is -0.113. The van der Waals surface area contributed by atoms with Gasteiger partial charge in [-0.15, -0.1) is 0 Å². The molecule has 1 heterocycles. The molecule has 0 saturated carbocycles. The van der Waals surface area contributed by atoms with Gasteiger partial charge < -0.3 is 4.74 Å². The third-order valence-electron chi connectivity index (χ3n) is 3.81. The highest BCUT2D eigenvalue weighted by Crippen LogP contribution is 2.38. The van der Waals surface area contributed by atoms with E-state index in [1.807, 2.05) is 56.3 Å². The summed E-state index contributed by atoms with van der Waals surface area (Å²) in [5.41, 5.74) is 3.89. The van der Waals surface area contributed by atoms with E-state index in [4.69, 9.17) is 17.0 Å². The van der Waals surface area contributed by atoms with Crippen molar-refractivity contribution in [3.63, 3.8) is 0 Å². The average Bonchev–Trinajstić information content (AvgIpc) is 2.83. The van der Waals surface area contributed by atoms with Gasteiger partial charge in [0.25, 0.3) is 5.91 Å². The summed E-state index contributed by atoms with van der Waals surface area (Å²) in [6.07, 6.45) is 1.83. The minimum Gasteiger partial charge on any atom is -0.496 e. The lowest BCUT2D eigenvalue weighted by Gasteiger charge is -2.17. The number of aryl methyl sites for hydroxylation is 2. The zero-order valence-electron chi connectivity index (χ0n) is 13.7. The fraction of sp³-hybridized carbons (Fsp3) is 0.158. The molecule has 0 aliphatic carbocycles. The molecule has 2 aromatic carbocycles. The van der Waals surface area contributed by atoms with Crippen molar-refractivity contribution >= 4 is 46.0 Å². The van der Waals surface area contributed by atoms with Crippen LogP contribution in [0.15, 0.2) is 47.4 Å². The molecule has 1 amide bonds. The van der Waals surface area contributed by atoms with E-state index in [1.165, 1.54) is 11.8 Å². The molecule has 0 unspecified atom stereocenters. The summed E-state index contributed by atoms with van der Waals surface area (Å²) >= 11 is 6.76. The highest BCUT2D eigenvalue weighted by molar-refractivity contribution is 8.27. The van der Waals surface area contributed by atoms with Gasteiger partial charge in [0.2, 0.25) is 0 Å². The van der Waals surface area contributed by atoms with Gasteiger partial charge in [0, 0.05) is 5.56 Å². The molecule has 3 nitrogen and oxygen atoms in total. The Bertz CT molecular complexity index is 858. The fourth-order valence-corrected chi connectivity index (χ4v) is 3.93. The molecule has 1 aliphatic rings. The molecule has 24 heavy (non-hydrogen) atoms. The molecule has 0 aromatic heterocycles. The van der Waals surface area contributed by atoms with Crippen LogP contribution in [-0.4, -0.2) is 17.3 Å². The third kappa shape index (κ3) is 3.09. The number of methoxy groups -OCH3 is 1. The maximum atomic E-state index is 12.9. The number of thiocarbonyl (C=S) groups is 1. The molecule has 0 spiro atoms. The van der Waals surface area contributed by atoms with Crippen LogP contribution in [0.1, 0.15) is 16.7 Å². The Balaban J connectivity index is 1.99. The normalized spacial score (nSPS) is 16.1. The smallest absolute Gasteiger partial charge is 0.270 e. The van der Waals surface area contributed by atoms with Gasteiger partial charge in [-0.1, -0.05) is 59.9 Å². The summed E-state index contributed by atoms with van der Waals surface area (Å²) in [6, 6.07) is 13.6. The molecular formula is C19H17NO2S2. The van der Waals surface area contributed by atoms with E-state index in [1.54, 1.807) is 12.0 Å². The first-order valence-electron chi connectivity index (χ1n) is 7.49. The van der Waals surface area contributed by atoms with Crippen molar-refractivity contribution in [1.29, 1.82) is 0 Å². The number of hydrogen-bond acceptors (Lipinski definition) is 4. The van der Waals surface area contributed by atoms with Gasteiger partial charge in [-0.3, -0.25) is 9.69 Å². The molecule has 0 N–H and O–H groups in total. The van der Waals surface area contributed by atoms with Gasteiger partial charge in [0.1, 0.15) is 5.75 Å². The minimum atomic E-state index is -0.0946. The molecule has 0 radical (unpaired) electrons. The molecule has 1 saturated heterocycles. The number of nitrogens with zero attached hydrogens (tertiary/aromatic N) is 1. The first-order valence-corrected chi connectivity index (χ1v) is 8.72. The van der Waals surface area contributed by atoms with Crippen LogP contribution in [0.25, 0.3) is 6.08 Å². The molecule has 0 atom stereocenters. The van der Waals surface area contributed by atoms with Crippen molar-refractivity contribution in [2.45, 2.75) is 13.8 Å². The van der Waals surface area contributed by atoms with E-state index in [-0.39, 0.29) is 5.91 Å². The lowest BCUT2D eigenvalue weighted by Crippen LogP contribution is -2.28. The second kappa shape index (κ2) is 6.79. The molecule has 122 valence electrons. The maximum Gasteiger partial charge on any atom is 0.270 e. The van der Waals surface area contributed by atoms with Crippen LogP contribution >= 0.6 is 24.0 Å². The quantitative estimate of drug-likeness (QED) is 0.589. The molecule has 0 bridgehead atoms. The number of amides is 1. The Kier molecular flexibility index (Phi) is 4.73. The van der Waals surface area contributed by atoms with Crippen LogP contribution in [0.3, 0.4) is 0 Å². The van der Waals surface area contributed by atoms with Gasteiger partial charge in [0.15, 0.2) is 4.32 Å². The Morgan fingerprint density at radius 2 is 1.92 bits per heavy atom. The van der Waals surface area contributed by atoms with Crippen LogP contribution in [-0.2, 0) is 4.79 Å². The number of rotatable bonds is 3. The number of hydrogen-bond donors (Lipinski definition) is 0. The second-order valence-electron chi connectivity index (χ2n) is 5.55. The zero-order chi connectivity index (χ0) is 17.3. The molecule has 1 fully saturated rings. The monoisotopic (exact) mass is 355 g/mol. The van der Waals surface area contributed by atoms with Crippen LogP contribution in [0.5, 0.6) is 5.75 Å². The van der Waals surface area contributed by atoms with Gasteiger partial charge in [0.05, 0.1) is 17.7 Å². The van der Waals surface area contributed by atoms with Crippen LogP contribution in [0.4, 0.5) is 5.69 Å². The fourth-order valence-electron chi connectivity index (χ4n) is 2.66. The molecule has 2 aromatic rings. The Hall–Kier alpha value is -2.11. The SMILES string of the molecule is COc1ccccc1/C=C1\SC(=S)N(c2ccc(C)cc2C)C1=O. The van der Waals surface area contributed by atoms with E-state index >= 15 is 0 Å². The van der Waals surface area contributed by atoms with Crippen LogP contribution < -0.4 is 9.64 Å². The van der Waals surface area contributed by atoms with Crippen LogP contribution in [0, 0.1) is 13.8 Å². The van der Waals surface area contributed by atoms with E-state index in [0.717, 1.165) is 28.1 Å². The Labute approximate surface area is 151 Å². The molecule has 5 heteroatoms. The van der Waals surface area contributed by atoms with Gasteiger partial charge in [-0.05, 0) is 37.6 Å². The molecule has 1 aliphatic heterocycles. The van der Waals surface area contributed by atoms with E-state index in [0.29, 0.717) is 9.23 Å². The number of anilines is 1. The van der Waals surface area contributed by atoms with Gasteiger partial charge in [-0.2, -0.15) is 0 Å². The predicted molar refractivity (Wildman–Crippen MR) is 105 cm³/mol.